The van der Waals surface area contributed by atoms with Gasteiger partial charge in [0.05, 0.1) is 15.4 Å². The normalized spacial score (nSPS) is 10.6. The van der Waals surface area contributed by atoms with Crippen molar-refractivity contribution in [2.75, 3.05) is 0 Å². The Kier molecular flexibility index (Phi) is 5.51. The van der Waals surface area contributed by atoms with Gasteiger partial charge in [-0.3, -0.25) is 10.1 Å². The third kappa shape index (κ3) is 4.32. The van der Waals surface area contributed by atoms with Gasteiger partial charge in [0.2, 0.25) is 0 Å². The molecule has 3 aromatic rings. The number of hydrogen-bond acceptors (Lipinski definition) is 7. The quantitative estimate of drug-likeness (QED) is 0.277. The number of carbonyl (C=O) groups is 1. The topological polar surface area (TPSA) is 100 Å². The lowest BCUT2D eigenvalue weighted by Crippen LogP contribution is -2.09. The maximum atomic E-state index is 12.3. The molecule has 0 aliphatic heterocycles. The Morgan fingerprint density at radius 1 is 1.26 bits per heavy atom. The van der Waals surface area contributed by atoms with Gasteiger partial charge >= 0.3 is 5.97 Å². The molecule has 138 valence electrons. The van der Waals surface area contributed by atoms with Gasteiger partial charge in [-0.2, -0.15) is 0 Å². The molecule has 1 aromatic heterocycles. The van der Waals surface area contributed by atoms with Gasteiger partial charge < -0.3 is 9.30 Å². The van der Waals surface area contributed by atoms with Crippen molar-refractivity contribution in [2.45, 2.75) is 23.4 Å². The van der Waals surface area contributed by atoms with Gasteiger partial charge in [0.15, 0.2) is 5.16 Å². The van der Waals surface area contributed by atoms with Crippen molar-refractivity contribution < 1.29 is 14.5 Å². The van der Waals surface area contributed by atoms with E-state index in [1.165, 1.54) is 24.5 Å². The molecule has 0 N–H and O–H groups in total. The molecule has 1 heterocycles. The molecule has 0 aliphatic carbocycles. The first-order valence-corrected chi connectivity index (χ1v) is 8.91. The number of hydrogen-bond donors (Lipinski definition) is 0. The molecular formula is C18H16N4O4S. The Morgan fingerprint density at radius 3 is 2.59 bits per heavy atom. The molecule has 0 radical (unpaired) electrons. The molecule has 27 heavy (non-hydrogen) atoms. The molecule has 0 saturated carbocycles. The van der Waals surface area contributed by atoms with Crippen molar-refractivity contribution in [1.29, 1.82) is 0 Å². The maximum Gasteiger partial charge on any atom is 0.343 e. The number of aryl methyl sites for hydroxylation is 2. The van der Waals surface area contributed by atoms with Gasteiger partial charge in [0, 0.05) is 13.1 Å². The first-order chi connectivity index (χ1) is 13.0. The van der Waals surface area contributed by atoms with Gasteiger partial charge in [-0.1, -0.05) is 19.1 Å². The van der Waals surface area contributed by atoms with E-state index in [0.717, 1.165) is 23.7 Å². The zero-order valence-electron chi connectivity index (χ0n) is 14.7. The summed E-state index contributed by atoms with van der Waals surface area (Å²) in [5.74, 6) is -0.269. The number of rotatable bonds is 6. The van der Waals surface area contributed by atoms with Crippen LogP contribution in [0.1, 0.15) is 22.8 Å². The second-order valence-electron chi connectivity index (χ2n) is 5.65. The lowest BCUT2D eigenvalue weighted by Gasteiger charge is -2.07. The summed E-state index contributed by atoms with van der Waals surface area (Å²) >= 11 is 1.10. The number of ether oxygens (including phenoxy) is 1. The van der Waals surface area contributed by atoms with Crippen LogP contribution in [-0.4, -0.2) is 25.7 Å². The van der Waals surface area contributed by atoms with Crippen LogP contribution in [-0.2, 0) is 13.5 Å². The fourth-order valence-electron chi connectivity index (χ4n) is 2.30. The van der Waals surface area contributed by atoms with E-state index in [0.29, 0.717) is 15.8 Å². The minimum Gasteiger partial charge on any atom is -0.423 e. The van der Waals surface area contributed by atoms with Crippen molar-refractivity contribution in [3.8, 4) is 5.75 Å². The van der Waals surface area contributed by atoms with Crippen molar-refractivity contribution in [3.63, 3.8) is 0 Å². The molecule has 0 amide bonds. The van der Waals surface area contributed by atoms with Crippen LogP contribution >= 0.6 is 11.8 Å². The van der Waals surface area contributed by atoms with Crippen molar-refractivity contribution >= 4 is 23.4 Å². The Hall–Kier alpha value is -3.20. The Bertz CT molecular complexity index is 985. The summed E-state index contributed by atoms with van der Waals surface area (Å²) in [6, 6.07) is 11.3. The van der Waals surface area contributed by atoms with Crippen LogP contribution in [0.15, 0.2) is 58.8 Å². The number of nitrogens with zero attached hydrogens (tertiary/aromatic N) is 4. The molecule has 0 aliphatic rings. The van der Waals surface area contributed by atoms with Gasteiger partial charge in [-0.25, -0.2) is 4.79 Å². The highest BCUT2D eigenvalue weighted by Crippen LogP contribution is 2.34. The lowest BCUT2D eigenvalue weighted by atomic mass is 10.1. The van der Waals surface area contributed by atoms with E-state index < -0.39 is 10.9 Å². The Balaban J connectivity index is 1.83. The largest absolute Gasteiger partial charge is 0.423 e. The number of aromatic nitrogens is 3. The van der Waals surface area contributed by atoms with Crippen LogP contribution in [0.4, 0.5) is 5.69 Å². The van der Waals surface area contributed by atoms with Gasteiger partial charge in [0.25, 0.3) is 5.69 Å². The summed E-state index contributed by atoms with van der Waals surface area (Å²) in [7, 11) is 1.74. The molecular weight excluding hydrogens is 368 g/mol. The predicted molar refractivity (Wildman–Crippen MR) is 99.0 cm³/mol. The third-order valence-electron chi connectivity index (χ3n) is 3.80. The van der Waals surface area contributed by atoms with Crippen molar-refractivity contribution in [1.82, 2.24) is 14.8 Å². The summed E-state index contributed by atoms with van der Waals surface area (Å²) in [4.78, 5) is 23.6. The zero-order valence-corrected chi connectivity index (χ0v) is 15.5. The zero-order chi connectivity index (χ0) is 19.4. The minimum absolute atomic E-state index is 0.101. The van der Waals surface area contributed by atoms with Gasteiger partial charge in [0.1, 0.15) is 12.1 Å². The molecule has 8 nitrogen and oxygen atoms in total. The highest BCUT2D eigenvalue weighted by atomic mass is 32.2. The van der Waals surface area contributed by atoms with Crippen LogP contribution in [0.3, 0.4) is 0 Å². The van der Waals surface area contributed by atoms with E-state index in [1.54, 1.807) is 23.7 Å². The fourth-order valence-corrected chi connectivity index (χ4v) is 3.15. The first kappa shape index (κ1) is 18.6. The molecule has 0 saturated heterocycles. The van der Waals surface area contributed by atoms with Crippen LogP contribution in [0.2, 0.25) is 0 Å². The smallest absolute Gasteiger partial charge is 0.343 e. The average molecular weight is 384 g/mol. The van der Waals surface area contributed by atoms with Crippen LogP contribution in [0.25, 0.3) is 0 Å². The summed E-state index contributed by atoms with van der Waals surface area (Å²) in [6.45, 7) is 2.03. The third-order valence-corrected chi connectivity index (χ3v) is 4.92. The second kappa shape index (κ2) is 8.00. The summed E-state index contributed by atoms with van der Waals surface area (Å²) in [6.07, 6.45) is 2.38. The summed E-state index contributed by atoms with van der Waals surface area (Å²) < 4.78 is 6.95. The molecule has 0 bridgehead atoms. The highest BCUT2D eigenvalue weighted by molar-refractivity contribution is 7.99. The molecule has 0 spiro atoms. The van der Waals surface area contributed by atoms with E-state index in [2.05, 4.69) is 10.2 Å². The predicted octanol–water partition coefficient (Wildman–Crippen LogP) is 3.66. The highest BCUT2D eigenvalue weighted by Gasteiger charge is 2.21. The first-order valence-electron chi connectivity index (χ1n) is 8.09. The fraction of sp³-hybridized carbons (Fsp3) is 0.167. The van der Waals surface area contributed by atoms with E-state index in [1.807, 2.05) is 19.1 Å². The Labute approximate surface area is 159 Å². The molecule has 3 rings (SSSR count). The molecule has 0 unspecified atom stereocenters. The summed E-state index contributed by atoms with van der Waals surface area (Å²) in [5.41, 5.74) is 1.03. The number of carbonyl (C=O) groups excluding carboxylic acids is 1. The lowest BCUT2D eigenvalue weighted by molar-refractivity contribution is -0.387. The SMILES string of the molecule is CCc1ccc(OC(=O)c2ccc(Sc3nncn3C)c([N+](=O)[O-])c2)cc1. The molecule has 2 aromatic carbocycles. The monoisotopic (exact) mass is 384 g/mol. The molecule has 9 heteroatoms. The molecule has 0 fully saturated rings. The van der Waals surface area contributed by atoms with Crippen molar-refractivity contribution in [2.24, 2.45) is 7.05 Å². The molecule has 0 atom stereocenters. The van der Waals surface area contributed by atoms with E-state index >= 15 is 0 Å². The van der Waals surface area contributed by atoms with E-state index in [-0.39, 0.29) is 11.3 Å². The standard InChI is InChI=1S/C18H16N4O4S/c1-3-12-4-7-14(8-5-12)26-17(23)13-6-9-16(15(10-13)22(24)25)27-18-20-19-11-21(18)2/h4-11H,3H2,1-2H3. The van der Waals surface area contributed by atoms with E-state index in [4.69, 9.17) is 4.74 Å². The van der Waals surface area contributed by atoms with Crippen molar-refractivity contribution in [3.05, 3.63) is 70.0 Å². The van der Waals surface area contributed by atoms with Crippen LogP contribution in [0.5, 0.6) is 5.75 Å². The van der Waals surface area contributed by atoms with Gasteiger partial charge in [-0.15, -0.1) is 10.2 Å². The van der Waals surface area contributed by atoms with E-state index in [9.17, 15) is 14.9 Å². The number of nitro benzene ring substituents is 1. The van der Waals surface area contributed by atoms with Crippen LogP contribution in [0, 0.1) is 10.1 Å². The second-order valence-corrected chi connectivity index (χ2v) is 6.66. The number of nitro groups is 1. The maximum absolute atomic E-state index is 12.3. The van der Waals surface area contributed by atoms with Crippen LogP contribution < -0.4 is 4.74 Å². The number of benzene rings is 2. The summed E-state index contributed by atoms with van der Waals surface area (Å²) in [5, 5.41) is 19.6. The van der Waals surface area contributed by atoms with Gasteiger partial charge in [-0.05, 0) is 48.0 Å². The average Bonchev–Trinajstić information content (AvgIpc) is 3.07. The Morgan fingerprint density at radius 2 is 2.00 bits per heavy atom. The minimum atomic E-state index is -0.655. The number of esters is 1.